The van der Waals surface area contributed by atoms with Gasteiger partial charge in [0.25, 0.3) is 0 Å². The summed E-state index contributed by atoms with van der Waals surface area (Å²) >= 11 is 0. The first kappa shape index (κ1) is 16.3. The van der Waals surface area contributed by atoms with Gasteiger partial charge in [0.15, 0.2) is 0 Å². The normalized spacial score (nSPS) is 16.6. The van der Waals surface area contributed by atoms with Gasteiger partial charge >= 0.3 is 12.1 Å². The number of carbonyl (C=O) groups is 2. The average molecular weight is 306 g/mol. The Morgan fingerprint density at radius 2 is 1.91 bits per heavy atom. The van der Waals surface area contributed by atoms with Crippen LogP contribution in [-0.2, 0) is 20.9 Å². The van der Waals surface area contributed by atoms with Crippen molar-refractivity contribution < 1.29 is 19.1 Å². The molecule has 0 atom stereocenters. The maximum atomic E-state index is 12.0. The van der Waals surface area contributed by atoms with Crippen LogP contribution in [0.3, 0.4) is 0 Å². The van der Waals surface area contributed by atoms with Gasteiger partial charge in [-0.15, -0.1) is 0 Å². The molecule has 1 fully saturated rings. The zero-order valence-electron chi connectivity index (χ0n) is 12.8. The van der Waals surface area contributed by atoms with Crippen molar-refractivity contribution in [2.24, 2.45) is 5.41 Å². The van der Waals surface area contributed by atoms with Gasteiger partial charge in [-0.2, -0.15) is 0 Å². The molecule has 0 aliphatic carbocycles. The monoisotopic (exact) mass is 306 g/mol. The quantitative estimate of drug-likeness (QED) is 0.805. The van der Waals surface area contributed by atoms with Crippen LogP contribution in [0.2, 0.25) is 0 Å². The highest BCUT2D eigenvalue weighted by Crippen LogP contribution is 2.29. The van der Waals surface area contributed by atoms with Crippen molar-refractivity contribution in [2.75, 3.05) is 26.7 Å². The van der Waals surface area contributed by atoms with E-state index >= 15 is 0 Å². The van der Waals surface area contributed by atoms with Gasteiger partial charge in [-0.05, 0) is 31.5 Å². The van der Waals surface area contributed by atoms with E-state index in [-0.39, 0.29) is 19.1 Å². The van der Waals surface area contributed by atoms with E-state index in [4.69, 9.17) is 9.47 Å². The Morgan fingerprint density at radius 3 is 2.55 bits per heavy atom. The third-order valence-electron chi connectivity index (χ3n) is 3.96. The van der Waals surface area contributed by atoms with Gasteiger partial charge in [-0.25, -0.2) is 4.79 Å². The van der Waals surface area contributed by atoms with Gasteiger partial charge in [0.05, 0.1) is 12.5 Å². The topological polar surface area (TPSA) is 76.7 Å². The standard InChI is InChI=1S/C16H22N2O4/c1-21-14(19)16(7-9-17-10-8-16)12-18-15(20)22-11-13-5-3-2-4-6-13/h2-6,17H,7-12H2,1H3,(H,18,20). The third kappa shape index (κ3) is 4.21. The Morgan fingerprint density at radius 1 is 1.23 bits per heavy atom. The number of alkyl carbamates (subject to hydrolysis) is 1. The Kier molecular flexibility index (Phi) is 5.77. The lowest BCUT2D eigenvalue weighted by Crippen LogP contribution is -2.49. The molecule has 1 aliphatic rings. The minimum absolute atomic E-state index is 0.208. The number of rotatable bonds is 5. The van der Waals surface area contributed by atoms with Crippen molar-refractivity contribution in [3.8, 4) is 0 Å². The van der Waals surface area contributed by atoms with Gasteiger partial charge in [0, 0.05) is 6.54 Å². The third-order valence-corrected chi connectivity index (χ3v) is 3.96. The van der Waals surface area contributed by atoms with Crippen molar-refractivity contribution in [2.45, 2.75) is 19.4 Å². The molecule has 1 aromatic rings. The molecule has 2 rings (SSSR count). The Labute approximate surface area is 130 Å². The van der Waals surface area contributed by atoms with Crippen LogP contribution in [0.4, 0.5) is 4.79 Å². The molecule has 22 heavy (non-hydrogen) atoms. The highest BCUT2D eigenvalue weighted by molar-refractivity contribution is 5.78. The Hall–Kier alpha value is -2.08. The summed E-state index contributed by atoms with van der Waals surface area (Å²) < 4.78 is 10.1. The summed E-state index contributed by atoms with van der Waals surface area (Å²) in [6.07, 6.45) is 0.753. The molecule has 0 saturated carbocycles. The summed E-state index contributed by atoms with van der Waals surface area (Å²) in [7, 11) is 1.37. The molecule has 0 spiro atoms. The van der Waals surface area contributed by atoms with Crippen molar-refractivity contribution in [3.63, 3.8) is 0 Å². The first-order chi connectivity index (χ1) is 10.7. The molecule has 1 heterocycles. The van der Waals surface area contributed by atoms with Crippen LogP contribution in [-0.4, -0.2) is 38.8 Å². The zero-order valence-corrected chi connectivity index (χ0v) is 12.8. The molecule has 0 radical (unpaired) electrons. The minimum atomic E-state index is -0.661. The van der Waals surface area contributed by atoms with Crippen LogP contribution in [0.25, 0.3) is 0 Å². The van der Waals surface area contributed by atoms with E-state index in [9.17, 15) is 9.59 Å². The number of hydrogen-bond donors (Lipinski definition) is 2. The lowest BCUT2D eigenvalue weighted by Gasteiger charge is -2.34. The van der Waals surface area contributed by atoms with Gasteiger partial charge < -0.3 is 20.1 Å². The van der Waals surface area contributed by atoms with Crippen LogP contribution in [0, 0.1) is 5.41 Å². The van der Waals surface area contributed by atoms with E-state index in [0.717, 1.165) is 18.7 Å². The highest BCUT2D eigenvalue weighted by atomic mass is 16.5. The number of esters is 1. The maximum absolute atomic E-state index is 12.0. The molecule has 0 aromatic heterocycles. The number of piperidine rings is 1. The van der Waals surface area contributed by atoms with Crippen LogP contribution in [0.5, 0.6) is 0 Å². The molecule has 0 bridgehead atoms. The highest BCUT2D eigenvalue weighted by Gasteiger charge is 2.41. The van der Waals surface area contributed by atoms with Gasteiger partial charge in [0.2, 0.25) is 0 Å². The lowest BCUT2D eigenvalue weighted by molar-refractivity contribution is -0.154. The largest absolute Gasteiger partial charge is 0.469 e. The second-order valence-corrected chi connectivity index (χ2v) is 5.44. The molecule has 1 saturated heterocycles. The van der Waals surface area contributed by atoms with Crippen LogP contribution < -0.4 is 10.6 Å². The molecular formula is C16H22N2O4. The van der Waals surface area contributed by atoms with E-state index in [1.54, 1.807) is 0 Å². The average Bonchev–Trinajstić information content (AvgIpc) is 2.59. The van der Waals surface area contributed by atoms with Crippen molar-refractivity contribution in [1.82, 2.24) is 10.6 Å². The number of nitrogens with one attached hydrogen (secondary N) is 2. The number of ether oxygens (including phenoxy) is 2. The smallest absolute Gasteiger partial charge is 0.407 e. The van der Waals surface area contributed by atoms with E-state index in [0.29, 0.717) is 12.8 Å². The molecule has 6 heteroatoms. The number of benzene rings is 1. The molecule has 0 unspecified atom stereocenters. The fraction of sp³-hybridized carbons (Fsp3) is 0.500. The first-order valence-corrected chi connectivity index (χ1v) is 7.40. The predicted molar refractivity (Wildman–Crippen MR) is 81.2 cm³/mol. The van der Waals surface area contributed by atoms with Crippen LogP contribution >= 0.6 is 0 Å². The van der Waals surface area contributed by atoms with Gasteiger partial charge in [-0.3, -0.25) is 4.79 Å². The van der Waals surface area contributed by atoms with Crippen LogP contribution in [0.1, 0.15) is 18.4 Å². The van der Waals surface area contributed by atoms with Crippen molar-refractivity contribution >= 4 is 12.1 Å². The summed E-state index contributed by atoms with van der Waals surface area (Å²) in [5, 5.41) is 5.89. The molecule has 2 N–H and O–H groups in total. The molecule has 1 amide bonds. The predicted octanol–water partition coefficient (Wildman–Crippen LogP) is 1.46. The summed E-state index contributed by atoms with van der Waals surface area (Å²) in [5.74, 6) is -0.280. The van der Waals surface area contributed by atoms with Crippen molar-refractivity contribution in [3.05, 3.63) is 35.9 Å². The number of hydrogen-bond acceptors (Lipinski definition) is 5. The van der Waals surface area contributed by atoms with Gasteiger partial charge in [-0.1, -0.05) is 30.3 Å². The summed E-state index contributed by atoms with van der Waals surface area (Å²) in [6.45, 7) is 1.90. The fourth-order valence-corrected chi connectivity index (χ4v) is 2.59. The van der Waals surface area contributed by atoms with Crippen molar-refractivity contribution in [1.29, 1.82) is 0 Å². The van der Waals surface area contributed by atoms with E-state index in [1.165, 1.54) is 7.11 Å². The maximum Gasteiger partial charge on any atom is 0.407 e. The van der Waals surface area contributed by atoms with Gasteiger partial charge in [0.1, 0.15) is 6.61 Å². The molecule has 6 nitrogen and oxygen atoms in total. The van der Waals surface area contributed by atoms with E-state index < -0.39 is 11.5 Å². The first-order valence-electron chi connectivity index (χ1n) is 7.40. The second kappa shape index (κ2) is 7.79. The van der Waals surface area contributed by atoms with Crippen LogP contribution in [0.15, 0.2) is 30.3 Å². The van der Waals surface area contributed by atoms with E-state index in [2.05, 4.69) is 10.6 Å². The van der Waals surface area contributed by atoms with E-state index in [1.807, 2.05) is 30.3 Å². The SMILES string of the molecule is COC(=O)C1(CNC(=O)OCc2ccccc2)CCNCC1. The lowest BCUT2D eigenvalue weighted by atomic mass is 9.79. The molecule has 120 valence electrons. The summed E-state index contributed by atoms with van der Waals surface area (Å²) in [4.78, 5) is 23.8. The molecule has 1 aliphatic heterocycles. The fourth-order valence-electron chi connectivity index (χ4n) is 2.59. The summed E-state index contributed by atoms with van der Waals surface area (Å²) in [6, 6.07) is 9.45. The molecule has 1 aromatic carbocycles. The Bertz CT molecular complexity index is 498. The minimum Gasteiger partial charge on any atom is -0.469 e. The number of carbonyl (C=O) groups excluding carboxylic acids is 2. The number of methoxy groups -OCH3 is 1. The zero-order chi connectivity index (χ0) is 15.8. The Balaban J connectivity index is 1.84. The summed E-state index contributed by atoms with van der Waals surface area (Å²) in [5.41, 5.74) is 0.258. The second-order valence-electron chi connectivity index (χ2n) is 5.44. The number of amides is 1. The molecular weight excluding hydrogens is 284 g/mol.